The molecule has 0 saturated carbocycles. The standard InChI is InChI=1S/C6H15N5O/c1-4(12)11-5(7)2-3-10-6(8)9/h5H,2-3,7H2,1H3,(H,11,12)(H4,8,9,10). The van der Waals surface area contributed by atoms with Crippen molar-refractivity contribution in [2.45, 2.75) is 19.5 Å². The molecule has 0 bridgehead atoms. The fourth-order valence-corrected chi connectivity index (χ4v) is 0.696. The number of nitrogens with two attached hydrogens (primary N) is 2. The molecule has 1 unspecified atom stereocenters. The molecule has 0 saturated heterocycles. The van der Waals surface area contributed by atoms with Crippen molar-refractivity contribution in [3.05, 3.63) is 0 Å². The van der Waals surface area contributed by atoms with Crippen LogP contribution >= 0.6 is 0 Å². The highest BCUT2D eigenvalue weighted by atomic mass is 16.1. The van der Waals surface area contributed by atoms with Crippen molar-refractivity contribution in [1.29, 1.82) is 5.41 Å². The minimum atomic E-state index is -0.380. The molecule has 0 aromatic rings. The summed E-state index contributed by atoms with van der Waals surface area (Å²) in [6, 6.07) is 0. The van der Waals surface area contributed by atoms with Gasteiger partial charge in [-0.1, -0.05) is 0 Å². The SMILES string of the molecule is CC(=O)NC(N)CCNC(=N)N. The lowest BCUT2D eigenvalue weighted by Crippen LogP contribution is -2.43. The molecule has 0 aliphatic rings. The summed E-state index contributed by atoms with van der Waals surface area (Å²) in [6.45, 7) is 1.88. The second kappa shape index (κ2) is 5.36. The van der Waals surface area contributed by atoms with Crippen LogP contribution in [-0.4, -0.2) is 24.6 Å². The maximum absolute atomic E-state index is 10.5. The number of nitrogens with one attached hydrogen (secondary N) is 3. The highest BCUT2D eigenvalue weighted by Gasteiger charge is 2.02. The molecule has 0 fully saturated rings. The van der Waals surface area contributed by atoms with Crippen LogP contribution in [0.3, 0.4) is 0 Å². The number of carbonyl (C=O) groups is 1. The normalized spacial score (nSPS) is 11.8. The van der Waals surface area contributed by atoms with Crippen molar-refractivity contribution in [3.8, 4) is 0 Å². The van der Waals surface area contributed by atoms with Crippen molar-refractivity contribution >= 4 is 11.9 Å². The van der Waals surface area contributed by atoms with Crippen LogP contribution in [0.1, 0.15) is 13.3 Å². The summed E-state index contributed by atoms with van der Waals surface area (Å²) in [4.78, 5) is 10.5. The molecule has 70 valence electrons. The average molecular weight is 173 g/mol. The van der Waals surface area contributed by atoms with E-state index in [0.29, 0.717) is 13.0 Å². The third-order valence-corrected chi connectivity index (χ3v) is 1.16. The van der Waals surface area contributed by atoms with E-state index in [1.165, 1.54) is 6.92 Å². The number of carbonyl (C=O) groups excluding carboxylic acids is 1. The molecule has 0 radical (unpaired) electrons. The van der Waals surface area contributed by atoms with Gasteiger partial charge in [-0.2, -0.15) is 0 Å². The summed E-state index contributed by atoms with van der Waals surface area (Å²) in [6.07, 6.45) is 0.161. The molecular formula is C6H15N5O. The average Bonchev–Trinajstić information content (AvgIpc) is 1.84. The van der Waals surface area contributed by atoms with E-state index in [4.69, 9.17) is 16.9 Å². The van der Waals surface area contributed by atoms with Gasteiger partial charge in [0.05, 0.1) is 6.17 Å². The number of hydrogen-bond acceptors (Lipinski definition) is 3. The van der Waals surface area contributed by atoms with E-state index in [9.17, 15) is 4.79 Å². The van der Waals surface area contributed by atoms with Gasteiger partial charge in [0.15, 0.2) is 5.96 Å². The van der Waals surface area contributed by atoms with E-state index >= 15 is 0 Å². The second-order valence-corrected chi connectivity index (χ2v) is 2.44. The van der Waals surface area contributed by atoms with E-state index in [1.807, 2.05) is 0 Å². The lowest BCUT2D eigenvalue weighted by molar-refractivity contribution is -0.119. The van der Waals surface area contributed by atoms with Gasteiger partial charge in [-0.3, -0.25) is 10.2 Å². The van der Waals surface area contributed by atoms with E-state index < -0.39 is 0 Å². The zero-order valence-corrected chi connectivity index (χ0v) is 7.05. The Morgan fingerprint density at radius 1 is 1.67 bits per heavy atom. The number of guanidine groups is 1. The predicted molar refractivity (Wildman–Crippen MR) is 46.3 cm³/mol. The van der Waals surface area contributed by atoms with Crippen LogP contribution < -0.4 is 22.1 Å². The highest BCUT2D eigenvalue weighted by molar-refractivity contribution is 5.74. The molecule has 12 heavy (non-hydrogen) atoms. The molecule has 1 amide bonds. The Kier molecular flexibility index (Phi) is 4.78. The fraction of sp³-hybridized carbons (Fsp3) is 0.667. The first-order valence-electron chi connectivity index (χ1n) is 3.63. The lowest BCUT2D eigenvalue weighted by atomic mass is 10.3. The van der Waals surface area contributed by atoms with E-state index in [2.05, 4.69) is 10.6 Å². The summed E-state index contributed by atoms with van der Waals surface area (Å²) in [5.74, 6) is -0.254. The van der Waals surface area contributed by atoms with E-state index in [0.717, 1.165) is 0 Å². The number of amides is 1. The smallest absolute Gasteiger partial charge is 0.218 e. The lowest BCUT2D eigenvalue weighted by Gasteiger charge is -2.12. The van der Waals surface area contributed by atoms with Crippen molar-refractivity contribution < 1.29 is 4.79 Å². The molecule has 0 aromatic carbocycles. The minimum Gasteiger partial charge on any atom is -0.370 e. The first-order chi connectivity index (χ1) is 5.52. The number of rotatable bonds is 4. The Balaban J connectivity index is 3.37. The minimum absolute atomic E-state index is 0.0926. The van der Waals surface area contributed by atoms with Gasteiger partial charge in [-0.05, 0) is 6.42 Å². The maximum Gasteiger partial charge on any atom is 0.218 e. The van der Waals surface area contributed by atoms with E-state index in [-0.39, 0.29) is 18.0 Å². The summed E-state index contributed by atoms with van der Waals surface area (Å²) in [5.41, 5.74) is 10.5. The van der Waals surface area contributed by atoms with Crippen LogP contribution in [0, 0.1) is 5.41 Å². The van der Waals surface area contributed by atoms with Gasteiger partial charge in [-0.25, -0.2) is 0 Å². The summed E-state index contributed by atoms with van der Waals surface area (Å²) >= 11 is 0. The number of hydrogen-bond donors (Lipinski definition) is 5. The summed E-state index contributed by atoms with van der Waals surface area (Å²) in [5, 5.41) is 11.9. The van der Waals surface area contributed by atoms with Crippen LogP contribution in [0.15, 0.2) is 0 Å². The summed E-state index contributed by atoms with van der Waals surface area (Å²) < 4.78 is 0. The molecule has 6 heteroatoms. The molecule has 0 aliphatic heterocycles. The molecule has 0 rings (SSSR count). The van der Waals surface area contributed by atoms with E-state index in [1.54, 1.807) is 0 Å². The largest absolute Gasteiger partial charge is 0.370 e. The molecule has 6 nitrogen and oxygen atoms in total. The fourth-order valence-electron chi connectivity index (χ4n) is 0.696. The van der Waals surface area contributed by atoms with Crippen LogP contribution in [0.2, 0.25) is 0 Å². The monoisotopic (exact) mass is 173 g/mol. The molecule has 0 heterocycles. The summed E-state index contributed by atoms with van der Waals surface area (Å²) in [7, 11) is 0. The van der Waals surface area contributed by atoms with Crippen molar-refractivity contribution in [2.24, 2.45) is 11.5 Å². The third-order valence-electron chi connectivity index (χ3n) is 1.16. The zero-order valence-electron chi connectivity index (χ0n) is 7.05. The zero-order chi connectivity index (χ0) is 9.56. The topological polar surface area (TPSA) is 117 Å². The van der Waals surface area contributed by atoms with Crippen LogP contribution in [-0.2, 0) is 4.79 Å². The second-order valence-electron chi connectivity index (χ2n) is 2.44. The van der Waals surface area contributed by atoms with Crippen molar-refractivity contribution in [2.75, 3.05) is 6.54 Å². The van der Waals surface area contributed by atoms with Gasteiger partial charge in [0.25, 0.3) is 0 Å². The van der Waals surface area contributed by atoms with Crippen LogP contribution in [0.25, 0.3) is 0 Å². The molecule has 0 spiro atoms. The van der Waals surface area contributed by atoms with Crippen LogP contribution in [0.5, 0.6) is 0 Å². The maximum atomic E-state index is 10.5. The van der Waals surface area contributed by atoms with Gasteiger partial charge in [-0.15, -0.1) is 0 Å². The Morgan fingerprint density at radius 3 is 2.67 bits per heavy atom. The Hall–Kier alpha value is -1.30. The Morgan fingerprint density at radius 2 is 2.25 bits per heavy atom. The van der Waals surface area contributed by atoms with Gasteiger partial charge < -0.3 is 22.1 Å². The molecule has 7 N–H and O–H groups in total. The molecule has 0 aromatic heterocycles. The third kappa shape index (κ3) is 6.81. The Labute approximate surface area is 71.2 Å². The first kappa shape index (κ1) is 10.7. The van der Waals surface area contributed by atoms with Gasteiger partial charge in [0.2, 0.25) is 5.91 Å². The quantitative estimate of drug-likeness (QED) is 0.197. The van der Waals surface area contributed by atoms with Crippen molar-refractivity contribution in [1.82, 2.24) is 10.6 Å². The molecule has 1 atom stereocenters. The highest BCUT2D eigenvalue weighted by Crippen LogP contribution is 1.80. The molecular weight excluding hydrogens is 158 g/mol. The van der Waals surface area contributed by atoms with Gasteiger partial charge >= 0.3 is 0 Å². The van der Waals surface area contributed by atoms with Gasteiger partial charge in [0.1, 0.15) is 0 Å². The van der Waals surface area contributed by atoms with Gasteiger partial charge in [0, 0.05) is 13.5 Å². The molecule has 0 aliphatic carbocycles. The predicted octanol–water partition coefficient (Wildman–Crippen LogP) is -1.72. The first-order valence-corrected chi connectivity index (χ1v) is 3.63. The van der Waals surface area contributed by atoms with Crippen LogP contribution in [0.4, 0.5) is 0 Å². The van der Waals surface area contributed by atoms with Crippen molar-refractivity contribution in [3.63, 3.8) is 0 Å². The Bertz CT molecular complexity index is 169.